The van der Waals surface area contributed by atoms with Gasteiger partial charge < -0.3 is 24.6 Å². The lowest BCUT2D eigenvalue weighted by atomic mass is 9.66. The minimum Gasteiger partial charge on any atom is -0.494 e. The summed E-state index contributed by atoms with van der Waals surface area (Å²) in [6, 6.07) is 21.7. The summed E-state index contributed by atoms with van der Waals surface area (Å²) in [6.07, 6.45) is 0.663. The Hall–Kier alpha value is -3.51. The minimum absolute atomic E-state index is 0.0168. The van der Waals surface area contributed by atoms with Gasteiger partial charge in [-0.1, -0.05) is 24.3 Å². The molecule has 4 rings (SSSR count). The highest BCUT2D eigenvalue weighted by Gasteiger charge is 2.45. The topological polar surface area (TPSA) is 86.0 Å². The first-order valence-corrected chi connectivity index (χ1v) is 12.7. The zero-order chi connectivity index (χ0) is 27.0. The van der Waals surface area contributed by atoms with E-state index in [0.29, 0.717) is 35.8 Å². The zero-order valence-corrected chi connectivity index (χ0v) is 21.1. The third kappa shape index (κ3) is 6.48. The molecule has 2 N–H and O–H groups in total. The first-order chi connectivity index (χ1) is 18.4. The van der Waals surface area contributed by atoms with Crippen LogP contribution in [0.2, 0.25) is 0 Å². The van der Waals surface area contributed by atoms with Crippen molar-refractivity contribution in [2.45, 2.75) is 24.4 Å². The molecule has 1 saturated heterocycles. The van der Waals surface area contributed by atoms with Gasteiger partial charge in [-0.3, -0.25) is 0 Å². The molecule has 8 heteroatoms. The van der Waals surface area contributed by atoms with E-state index >= 15 is 0 Å². The van der Waals surface area contributed by atoms with Gasteiger partial charge in [0.15, 0.2) is 0 Å². The molecule has 1 aliphatic rings. The van der Waals surface area contributed by atoms with Crippen LogP contribution in [-0.4, -0.2) is 60.7 Å². The average Bonchev–Trinajstić information content (AvgIpc) is 3.42. The van der Waals surface area contributed by atoms with Gasteiger partial charge in [0.05, 0.1) is 19.3 Å². The van der Waals surface area contributed by atoms with Crippen LogP contribution in [0.5, 0.6) is 11.5 Å². The smallest absolute Gasteiger partial charge is 0.123 e. The van der Waals surface area contributed by atoms with Gasteiger partial charge in [0.25, 0.3) is 0 Å². The highest BCUT2D eigenvalue weighted by Crippen LogP contribution is 2.43. The summed E-state index contributed by atoms with van der Waals surface area (Å²) in [4.78, 5) is 2.30. The predicted octanol–water partition coefficient (Wildman–Crippen LogP) is 4.30. The molecule has 6 nitrogen and oxygen atoms in total. The fourth-order valence-corrected chi connectivity index (χ4v) is 5.03. The Labute approximate surface area is 221 Å². The summed E-state index contributed by atoms with van der Waals surface area (Å²) in [6.45, 7) is 2.49. The second-order valence-corrected chi connectivity index (χ2v) is 9.54. The number of benzene rings is 3. The molecule has 0 aromatic heterocycles. The zero-order valence-electron chi connectivity index (χ0n) is 21.1. The van der Waals surface area contributed by atoms with Crippen molar-refractivity contribution in [1.29, 1.82) is 5.26 Å². The van der Waals surface area contributed by atoms with Crippen molar-refractivity contribution < 1.29 is 28.5 Å². The van der Waals surface area contributed by atoms with Crippen molar-refractivity contribution in [2.24, 2.45) is 5.92 Å². The summed E-state index contributed by atoms with van der Waals surface area (Å²) in [7, 11) is 0. The first-order valence-electron chi connectivity index (χ1n) is 12.7. The molecule has 2 atom stereocenters. The number of likely N-dealkylation sites (tertiary alicyclic amines) is 1. The minimum atomic E-state index is -1.01. The van der Waals surface area contributed by atoms with E-state index < -0.39 is 11.5 Å². The second kappa shape index (κ2) is 12.8. The Balaban J connectivity index is 1.34. The summed E-state index contributed by atoms with van der Waals surface area (Å²) in [5.41, 5.74) is 0.409. The van der Waals surface area contributed by atoms with Crippen LogP contribution < -0.4 is 9.47 Å². The number of aliphatic hydroxyl groups excluding tert-OH is 2. The van der Waals surface area contributed by atoms with Crippen LogP contribution in [0.25, 0.3) is 0 Å². The van der Waals surface area contributed by atoms with Crippen molar-refractivity contribution in [3.63, 3.8) is 0 Å². The van der Waals surface area contributed by atoms with E-state index in [1.54, 1.807) is 48.5 Å². The highest BCUT2D eigenvalue weighted by molar-refractivity contribution is 5.47. The van der Waals surface area contributed by atoms with Crippen LogP contribution in [0.4, 0.5) is 8.78 Å². The van der Waals surface area contributed by atoms with E-state index in [-0.39, 0.29) is 30.8 Å². The van der Waals surface area contributed by atoms with E-state index in [4.69, 9.17) is 14.6 Å². The number of hydrogen-bond acceptors (Lipinski definition) is 6. The third-order valence-corrected chi connectivity index (χ3v) is 7.02. The molecule has 0 radical (unpaired) electrons. The van der Waals surface area contributed by atoms with Crippen molar-refractivity contribution in [3.05, 3.63) is 95.6 Å². The molecule has 200 valence electrons. The van der Waals surface area contributed by atoms with Gasteiger partial charge in [0.2, 0.25) is 0 Å². The normalized spacial score (nSPS) is 16.7. The van der Waals surface area contributed by atoms with Crippen LogP contribution in [0.15, 0.2) is 72.8 Å². The summed E-state index contributed by atoms with van der Waals surface area (Å²) >= 11 is 0. The summed E-state index contributed by atoms with van der Waals surface area (Å²) < 4.78 is 38.6. The van der Waals surface area contributed by atoms with Crippen LogP contribution in [0, 0.1) is 28.9 Å². The number of ether oxygens (including phenoxy) is 2. The average molecular weight is 523 g/mol. The molecular formula is C30H32F2N2O4. The lowest BCUT2D eigenvalue weighted by molar-refractivity contribution is 0.0536. The van der Waals surface area contributed by atoms with E-state index in [1.807, 2.05) is 0 Å². The Bertz CT molecular complexity index is 1150. The largest absolute Gasteiger partial charge is 0.494 e. The Morgan fingerprint density at radius 3 is 2.00 bits per heavy atom. The SMILES string of the molecule is N#CC(c1ccc(F)cc1)(c1ccc(F)cc1)C1CCN(CCCOc2ccc(OCC(O)CO)cc2)C1. The molecule has 0 amide bonds. The molecule has 38 heavy (non-hydrogen) atoms. The fourth-order valence-electron chi connectivity index (χ4n) is 5.03. The van der Waals surface area contributed by atoms with E-state index in [9.17, 15) is 19.1 Å². The molecular weight excluding hydrogens is 490 g/mol. The van der Waals surface area contributed by atoms with Crippen molar-refractivity contribution in [1.82, 2.24) is 4.90 Å². The Morgan fingerprint density at radius 1 is 0.921 bits per heavy atom. The van der Waals surface area contributed by atoms with Crippen molar-refractivity contribution in [2.75, 3.05) is 39.5 Å². The van der Waals surface area contributed by atoms with Crippen LogP contribution >= 0.6 is 0 Å². The maximum atomic E-state index is 13.7. The molecule has 0 aliphatic carbocycles. The Kier molecular flexibility index (Phi) is 9.29. The highest BCUT2D eigenvalue weighted by atomic mass is 19.1. The van der Waals surface area contributed by atoms with Crippen molar-refractivity contribution >= 4 is 0 Å². The van der Waals surface area contributed by atoms with Gasteiger partial charge in [-0.2, -0.15) is 5.26 Å². The second-order valence-electron chi connectivity index (χ2n) is 9.54. The summed E-state index contributed by atoms with van der Waals surface area (Å²) in [5, 5.41) is 28.7. The van der Waals surface area contributed by atoms with E-state index in [0.717, 1.165) is 25.9 Å². The lowest BCUT2D eigenvalue weighted by Gasteiger charge is -2.34. The number of rotatable bonds is 12. The van der Waals surface area contributed by atoms with Gasteiger partial charge in [0.1, 0.15) is 41.3 Å². The number of halogens is 2. The maximum absolute atomic E-state index is 13.7. The third-order valence-electron chi connectivity index (χ3n) is 7.02. The van der Waals surface area contributed by atoms with Crippen LogP contribution in [-0.2, 0) is 5.41 Å². The number of aliphatic hydroxyl groups is 2. The first kappa shape index (κ1) is 27.5. The van der Waals surface area contributed by atoms with Crippen LogP contribution in [0.1, 0.15) is 24.0 Å². The number of hydrogen-bond donors (Lipinski definition) is 2. The van der Waals surface area contributed by atoms with Gasteiger partial charge in [-0.15, -0.1) is 0 Å². The standard InChI is InChI=1S/C30H32F2N2O4/c31-25-6-2-22(3-7-25)30(21-33,23-4-8-26(32)9-5-23)24-14-16-34(18-24)15-1-17-37-28-10-12-29(13-11-28)38-20-27(36)19-35/h2-13,24,27,35-36H,1,14-20H2. The molecule has 0 bridgehead atoms. The molecule has 0 saturated carbocycles. The Morgan fingerprint density at radius 2 is 1.47 bits per heavy atom. The number of nitriles is 1. The van der Waals surface area contributed by atoms with Gasteiger partial charge in [-0.05, 0) is 85.0 Å². The molecule has 2 unspecified atom stereocenters. The molecule has 3 aromatic rings. The molecule has 3 aromatic carbocycles. The van der Waals surface area contributed by atoms with Gasteiger partial charge >= 0.3 is 0 Å². The monoisotopic (exact) mass is 522 g/mol. The number of nitrogens with zero attached hydrogens (tertiary/aromatic N) is 2. The van der Waals surface area contributed by atoms with E-state index in [2.05, 4.69) is 11.0 Å². The molecule has 0 spiro atoms. The fraction of sp³-hybridized carbons (Fsp3) is 0.367. The van der Waals surface area contributed by atoms with Gasteiger partial charge in [-0.25, -0.2) is 8.78 Å². The molecule has 1 heterocycles. The lowest BCUT2D eigenvalue weighted by Crippen LogP contribution is -2.37. The molecule has 1 aliphatic heterocycles. The predicted molar refractivity (Wildman–Crippen MR) is 139 cm³/mol. The quantitative estimate of drug-likeness (QED) is 0.345. The van der Waals surface area contributed by atoms with E-state index in [1.165, 1.54) is 24.3 Å². The van der Waals surface area contributed by atoms with Gasteiger partial charge in [0, 0.05) is 13.1 Å². The van der Waals surface area contributed by atoms with Crippen molar-refractivity contribution in [3.8, 4) is 17.6 Å². The maximum Gasteiger partial charge on any atom is 0.123 e. The summed E-state index contributed by atoms with van der Waals surface area (Å²) in [5.74, 6) is 0.513. The molecule has 1 fully saturated rings. The van der Waals surface area contributed by atoms with Crippen LogP contribution in [0.3, 0.4) is 0 Å².